The van der Waals surface area contributed by atoms with Gasteiger partial charge in [-0.1, -0.05) is 0 Å². The second-order valence-corrected chi connectivity index (χ2v) is 4.48. The Labute approximate surface area is 90.4 Å². The van der Waals surface area contributed by atoms with Crippen LogP contribution in [0.4, 0.5) is 0 Å². The monoisotopic (exact) mass is 209 g/mol. The summed E-state index contributed by atoms with van der Waals surface area (Å²) >= 11 is 0. The molecular formula is C11H19N3O. The lowest BCUT2D eigenvalue weighted by Gasteiger charge is -2.41. The molecule has 1 aliphatic carbocycles. The summed E-state index contributed by atoms with van der Waals surface area (Å²) in [5.74, 6) is 0. The summed E-state index contributed by atoms with van der Waals surface area (Å²) in [4.78, 5) is 4.15. The molecule has 2 rings (SSSR count). The van der Waals surface area contributed by atoms with Crippen LogP contribution in [0.1, 0.15) is 37.9 Å². The van der Waals surface area contributed by atoms with E-state index in [1.165, 1.54) is 6.42 Å². The van der Waals surface area contributed by atoms with Crippen LogP contribution < -0.4 is 5.73 Å². The zero-order valence-electron chi connectivity index (χ0n) is 9.44. The van der Waals surface area contributed by atoms with E-state index in [0.717, 1.165) is 25.1 Å². The van der Waals surface area contributed by atoms with E-state index in [0.29, 0.717) is 0 Å². The highest BCUT2D eigenvalue weighted by Gasteiger charge is 2.37. The molecule has 84 valence electrons. The summed E-state index contributed by atoms with van der Waals surface area (Å²) in [5, 5.41) is 0. The standard InChI is InChI=1S/C11H19N3O/c1-9(12)10-6-13-8-14(10)7-11(15-2)4-3-5-11/h6,8-9H,3-5,7,12H2,1-2H3/t9-/m1/s1. The molecule has 0 unspecified atom stereocenters. The molecule has 1 saturated carbocycles. The van der Waals surface area contributed by atoms with Crippen molar-refractivity contribution in [2.45, 2.75) is 44.4 Å². The number of rotatable bonds is 4. The van der Waals surface area contributed by atoms with E-state index < -0.39 is 0 Å². The average Bonchev–Trinajstić information content (AvgIpc) is 2.59. The number of imidazole rings is 1. The van der Waals surface area contributed by atoms with Gasteiger partial charge in [-0.25, -0.2) is 4.98 Å². The van der Waals surface area contributed by atoms with Gasteiger partial charge in [0.15, 0.2) is 0 Å². The molecule has 0 aromatic carbocycles. The largest absolute Gasteiger partial charge is 0.376 e. The molecule has 0 bridgehead atoms. The van der Waals surface area contributed by atoms with Crippen LogP contribution in [0.15, 0.2) is 12.5 Å². The maximum Gasteiger partial charge on any atom is 0.0949 e. The van der Waals surface area contributed by atoms with Gasteiger partial charge in [0.25, 0.3) is 0 Å². The molecule has 15 heavy (non-hydrogen) atoms. The highest BCUT2D eigenvalue weighted by atomic mass is 16.5. The molecular weight excluding hydrogens is 190 g/mol. The van der Waals surface area contributed by atoms with Crippen LogP contribution in [-0.4, -0.2) is 22.3 Å². The summed E-state index contributed by atoms with van der Waals surface area (Å²) in [6, 6.07) is 0.0292. The van der Waals surface area contributed by atoms with Crippen molar-refractivity contribution in [2.24, 2.45) is 5.73 Å². The van der Waals surface area contributed by atoms with E-state index in [1.807, 2.05) is 19.4 Å². The van der Waals surface area contributed by atoms with Gasteiger partial charge in [0.1, 0.15) is 0 Å². The molecule has 1 aromatic rings. The summed E-state index contributed by atoms with van der Waals surface area (Å²) in [6.07, 6.45) is 7.22. The van der Waals surface area contributed by atoms with Crippen LogP contribution in [0.5, 0.6) is 0 Å². The smallest absolute Gasteiger partial charge is 0.0949 e. The molecule has 2 N–H and O–H groups in total. The van der Waals surface area contributed by atoms with Gasteiger partial charge >= 0.3 is 0 Å². The van der Waals surface area contributed by atoms with Crippen molar-refractivity contribution in [1.82, 2.24) is 9.55 Å². The first-order chi connectivity index (χ1) is 7.17. The van der Waals surface area contributed by atoms with Gasteiger partial charge in [-0.3, -0.25) is 0 Å². The number of ether oxygens (including phenoxy) is 1. The van der Waals surface area contributed by atoms with Crippen LogP contribution in [0.3, 0.4) is 0 Å². The van der Waals surface area contributed by atoms with Gasteiger partial charge in [0.05, 0.1) is 24.2 Å². The minimum absolute atomic E-state index is 0.0292. The van der Waals surface area contributed by atoms with Crippen molar-refractivity contribution >= 4 is 0 Å². The van der Waals surface area contributed by atoms with E-state index >= 15 is 0 Å². The lowest BCUT2D eigenvalue weighted by Crippen LogP contribution is -2.43. The Bertz CT molecular complexity index is 323. The Morgan fingerprint density at radius 1 is 1.67 bits per heavy atom. The number of hydrogen-bond donors (Lipinski definition) is 1. The van der Waals surface area contributed by atoms with Gasteiger partial charge in [0, 0.05) is 19.3 Å². The molecule has 0 amide bonds. The Morgan fingerprint density at radius 3 is 2.87 bits per heavy atom. The quantitative estimate of drug-likeness (QED) is 0.817. The summed E-state index contributed by atoms with van der Waals surface area (Å²) in [6.45, 7) is 2.86. The van der Waals surface area contributed by atoms with E-state index in [-0.39, 0.29) is 11.6 Å². The van der Waals surface area contributed by atoms with Crippen LogP contribution >= 0.6 is 0 Å². The van der Waals surface area contributed by atoms with Crippen molar-refractivity contribution in [3.05, 3.63) is 18.2 Å². The second kappa shape index (κ2) is 3.94. The van der Waals surface area contributed by atoms with Crippen molar-refractivity contribution in [2.75, 3.05) is 7.11 Å². The maximum atomic E-state index is 5.88. The molecule has 4 nitrogen and oxygen atoms in total. The van der Waals surface area contributed by atoms with Crippen molar-refractivity contribution in [3.63, 3.8) is 0 Å². The van der Waals surface area contributed by atoms with Gasteiger partial charge in [-0.05, 0) is 26.2 Å². The molecule has 4 heteroatoms. The Balaban J connectivity index is 2.13. The van der Waals surface area contributed by atoms with E-state index in [9.17, 15) is 0 Å². The maximum absolute atomic E-state index is 5.88. The first-order valence-corrected chi connectivity index (χ1v) is 5.48. The fourth-order valence-electron chi connectivity index (χ4n) is 2.15. The van der Waals surface area contributed by atoms with Gasteiger partial charge in [0.2, 0.25) is 0 Å². The topological polar surface area (TPSA) is 53.1 Å². The average molecular weight is 209 g/mol. The molecule has 1 heterocycles. The Morgan fingerprint density at radius 2 is 2.40 bits per heavy atom. The van der Waals surface area contributed by atoms with Gasteiger partial charge < -0.3 is 15.0 Å². The van der Waals surface area contributed by atoms with Crippen molar-refractivity contribution < 1.29 is 4.74 Å². The fraction of sp³-hybridized carbons (Fsp3) is 0.727. The SMILES string of the molecule is COC1(Cn2cncc2[C@@H](C)N)CCC1. The van der Waals surface area contributed by atoms with E-state index in [4.69, 9.17) is 10.5 Å². The first-order valence-electron chi connectivity index (χ1n) is 5.48. The normalized spacial score (nSPS) is 21.0. The molecule has 0 saturated heterocycles. The fourth-order valence-corrected chi connectivity index (χ4v) is 2.15. The number of nitrogens with two attached hydrogens (primary N) is 1. The second-order valence-electron chi connectivity index (χ2n) is 4.48. The molecule has 1 atom stereocenters. The highest BCUT2D eigenvalue weighted by Crippen LogP contribution is 2.36. The highest BCUT2D eigenvalue weighted by molar-refractivity contribution is 5.05. The van der Waals surface area contributed by atoms with Crippen LogP contribution in [-0.2, 0) is 11.3 Å². The van der Waals surface area contributed by atoms with Crippen LogP contribution in [0.2, 0.25) is 0 Å². The van der Waals surface area contributed by atoms with Crippen molar-refractivity contribution in [1.29, 1.82) is 0 Å². The summed E-state index contributed by atoms with van der Waals surface area (Å²) < 4.78 is 7.71. The lowest BCUT2D eigenvalue weighted by molar-refractivity contribution is -0.0840. The minimum atomic E-state index is 0.0292. The minimum Gasteiger partial charge on any atom is -0.376 e. The number of nitrogens with zero attached hydrogens (tertiary/aromatic N) is 2. The van der Waals surface area contributed by atoms with Crippen LogP contribution in [0.25, 0.3) is 0 Å². The van der Waals surface area contributed by atoms with Gasteiger partial charge in [-0.2, -0.15) is 0 Å². The molecule has 1 aromatic heterocycles. The van der Waals surface area contributed by atoms with E-state index in [2.05, 4.69) is 9.55 Å². The number of aromatic nitrogens is 2. The predicted molar refractivity (Wildman–Crippen MR) is 58.4 cm³/mol. The Hall–Kier alpha value is -0.870. The lowest BCUT2D eigenvalue weighted by atomic mass is 9.80. The first kappa shape index (κ1) is 10.6. The molecule has 0 spiro atoms. The molecule has 0 aliphatic heterocycles. The molecule has 0 radical (unpaired) electrons. The van der Waals surface area contributed by atoms with Crippen LogP contribution in [0, 0.1) is 0 Å². The zero-order chi connectivity index (χ0) is 10.9. The van der Waals surface area contributed by atoms with Crippen molar-refractivity contribution in [3.8, 4) is 0 Å². The Kier molecular flexibility index (Phi) is 2.80. The molecule has 1 aliphatic rings. The third-order valence-electron chi connectivity index (χ3n) is 3.37. The number of hydrogen-bond acceptors (Lipinski definition) is 3. The summed E-state index contributed by atoms with van der Waals surface area (Å²) in [7, 11) is 1.79. The predicted octanol–water partition coefficient (Wildman–Crippen LogP) is 1.47. The van der Waals surface area contributed by atoms with Gasteiger partial charge in [-0.15, -0.1) is 0 Å². The third kappa shape index (κ3) is 1.92. The van der Waals surface area contributed by atoms with E-state index in [1.54, 1.807) is 7.11 Å². The third-order valence-corrected chi connectivity index (χ3v) is 3.37. The zero-order valence-corrected chi connectivity index (χ0v) is 9.44. The number of methoxy groups -OCH3 is 1. The molecule has 1 fully saturated rings. The summed E-state index contributed by atoms with van der Waals surface area (Å²) in [5.41, 5.74) is 6.99.